The lowest BCUT2D eigenvalue weighted by atomic mass is 10.1. The van der Waals surface area contributed by atoms with Crippen molar-refractivity contribution in [2.75, 3.05) is 7.11 Å². The highest BCUT2D eigenvalue weighted by atomic mass is 16.6. The van der Waals surface area contributed by atoms with Gasteiger partial charge in [0.25, 0.3) is 0 Å². The van der Waals surface area contributed by atoms with E-state index in [0.29, 0.717) is 5.56 Å². The molecule has 0 heterocycles. The predicted molar refractivity (Wildman–Crippen MR) is 70.6 cm³/mol. The molecule has 0 aliphatic carbocycles. The molecule has 0 aliphatic heterocycles. The van der Waals surface area contributed by atoms with Crippen LogP contribution in [0.4, 0.5) is 0 Å². The van der Waals surface area contributed by atoms with Crippen LogP contribution in [0.1, 0.15) is 31.9 Å². The number of aryl methyl sites for hydroxylation is 1. The number of oxime groups is 1. The van der Waals surface area contributed by atoms with Crippen molar-refractivity contribution in [3.63, 3.8) is 0 Å². The third kappa shape index (κ3) is 4.20. The molecule has 0 spiro atoms. The lowest BCUT2D eigenvalue weighted by Crippen LogP contribution is -2.22. The van der Waals surface area contributed by atoms with E-state index in [-0.39, 0.29) is 5.71 Å². The van der Waals surface area contributed by atoms with Crippen molar-refractivity contribution < 1.29 is 14.4 Å². The predicted octanol–water partition coefficient (Wildman–Crippen LogP) is 2.69. The van der Waals surface area contributed by atoms with Gasteiger partial charge in [-0.2, -0.15) is 0 Å². The third-order valence-electron chi connectivity index (χ3n) is 2.11. The number of hydrogen-bond donors (Lipinski definition) is 0. The van der Waals surface area contributed by atoms with Crippen LogP contribution in [-0.4, -0.2) is 24.4 Å². The number of benzene rings is 1. The van der Waals surface area contributed by atoms with Gasteiger partial charge >= 0.3 is 5.97 Å². The van der Waals surface area contributed by atoms with Gasteiger partial charge in [-0.3, -0.25) is 0 Å². The number of ether oxygens (including phenoxy) is 1. The largest absolute Gasteiger partial charge is 0.464 e. The first-order valence-electron chi connectivity index (χ1n) is 5.75. The minimum atomic E-state index is -0.511. The summed E-state index contributed by atoms with van der Waals surface area (Å²) in [5.41, 5.74) is 1.51. The number of carbonyl (C=O) groups is 1. The van der Waals surface area contributed by atoms with Gasteiger partial charge in [0.1, 0.15) is 5.60 Å². The molecule has 0 atom stereocenters. The first-order chi connectivity index (χ1) is 8.33. The van der Waals surface area contributed by atoms with Gasteiger partial charge in [0.05, 0.1) is 7.11 Å². The van der Waals surface area contributed by atoms with Gasteiger partial charge in [-0.25, -0.2) is 4.79 Å². The molecule has 18 heavy (non-hydrogen) atoms. The molecule has 0 N–H and O–H groups in total. The fraction of sp³-hybridized carbons (Fsp3) is 0.429. The van der Waals surface area contributed by atoms with Gasteiger partial charge < -0.3 is 9.57 Å². The van der Waals surface area contributed by atoms with Crippen LogP contribution in [0.15, 0.2) is 29.4 Å². The summed E-state index contributed by atoms with van der Waals surface area (Å²) in [6, 6.07) is 7.45. The normalized spacial score (nSPS) is 12.2. The smallest absolute Gasteiger partial charge is 0.360 e. The molecule has 0 saturated carbocycles. The zero-order valence-electron chi connectivity index (χ0n) is 11.5. The molecule has 4 nitrogen and oxygen atoms in total. The molecule has 0 fully saturated rings. The fourth-order valence-corrected chi connectivity index (χ4v) is 1.20. The van der Waals surface area contributed by atoms with Crippen LogP contribution < -0.4 is 0 Å². The second kappa shape index (κ2) is 5.67. The number of rotatable bonds is 3. The van der Waals surface area contributed by atoms with Gasteiger partial charge in [0.2, 0.25) is 0 Å². The minimum absolute atomic E-state index is 0.174. The Morgan fingerprint density at radius 1 is 1.17 bits per heavy atom. The average Bonchev–Trinajstić information content (AvgIpc) is 2.29. The molecule has 0 amide bonds. The van der Waals surface area contributed by atoms with E-state index < -0.39 is 11.6 Å². The average molecular weight is 249 g/mol. The van der Waals surface area contributed by atoms with Crippen LogP contribution in [-0.2, 0) is 14.4 Å². The second-order valence-electron chi connectivity index (χ2n) is 5.00. The van der Waals surface area contributed by atoms with Gasteiger partial charge in [-0.15, -0.1) is 0 Å². The standard InChI is InChI=1S/C14H19NO3/c1-10-6-8-11(9-7-10)12(13(16)17-5)15-18-14(2,3)4/h6-9H,1-5H3/b15-12+. The van der Waals surface area contributed by atoms with Gasteiger partial charge in [0.15, 0.2) is 5.71 Å². The Hall–Kier alpha value is -1.84. The molecule has 0 aromatic heterocycles. The first kappa shape index (κ1) is 14.2. The summed E-state index contributed by atoms with van der Waals surface area (Å²) in [6.45, 7) is 7.56. The van der Waals surface area contributed by atoms with E-state index >= 15 is 0 Å². The maximum Gasteiger partial charge on any atom is 0.360 e. The number of esters is 1. The molecule has 0 aliphatic rings. The van der Waals surface area contributed by atoms with Crippen molar-refractivity contribution in [3.8, 4) is 0 Å². The van der Waals surface area contributed by atoms with Crippen molar-refractivity contribution in [1.82, 2.24) is 0 Å². The Bertz CT molecular complexity index is 441. The Morgan fingerprint density at radius 3 is 2.17 bits per heavy atom. The molecule has 4 heteroatoms. The Balaban J connectivity index is 3.06. The molecule has 1 rings (SSSR count). The summed E-state index contributed by atoms with van der Waals surface area (Å²) in [5.74, 6) is -0.511. The highest BCUT2D eigenvalue weighted by Crippen LogP contribution is 2.11. The van der Waals surface area contributed by atoms with E-state index in [4.69, 9.17) is 9.57 Å². The molecular weight excluding hydrogens is 230 g/mol. The second-order valence-corrected chi connectivity index (χ2v) is 5.00. The zero-order valence-corrected chi connectivity index (χ0v) is 11.5. The van der Waals surface area contributed by atoms with Crippen molar-refractivity contribution >= 4 is 11.7 Å². The Kier molecular flexibility index (Phi) is 4.48. The molecule has 98 valence electrons. The van der Waals surface area contributed by atoms with E-state index in [1.54, 1.807) is 0 Å². The van der Waals surface area contributed by atoms with E-state index in [0.717, 1.165) is 5.56 Å². The fourth-order valence-electron chi connectivity index (χ4n) is 1.20. The van der Waals surface area contributed by atoms with Gasteiger partial charge in [-0.05, 0) is 27.7 Å². The lowest BCUT2D eigenvalue weighted by Gasteiger charge is -2.16. The van der Waals surface area contributed by atoms with Crippen molar-refractivity contribution in [2.24, 2.45) is 5.16 Å². The summed E-state index contributed by atoms with van der Waals surface area (Å²) in [6.07, 6.45) is 0. The van der Waals surface area contributed by atoms with Crippen LogP contribution in [0.5, 0.6) is 0 Å². The quantitative estimate of drug-likeness (QED) is 0.470. The molecule has 1 aromatic rings. The minimum Gasteiger partial charge on any atom is -0.464 e. The van der Waals surface area contributed by atoms with Crippen molar-refractivity contribution in [1.29, 1.82) is 0 Å². The topological polar surface area (TPSA) is 47.9 Å². The van der Waals surface area contributed by atoms with Gasteiger partial charge in [-0.1, -0.05) is 35.0 Å². The molecular formula is C14H19NO3. The monoisotopic (exact) mass is 249 g/mol. The maximum atomic E-state index is 11.7. The number of carbonyl (C=O) groups excluding carboxylic acids is 1. The van der Waals surface area contributed by atoms with Crippen LogP contribution >= 0.6 is 0 Å². The lowest BCUT2D eigenvalue weighted by molar-refractivity contribution is -0.133. The SMILES string of the molecule is COC(=O)/C(=N/OC(C)(C)C)c1ccc(C)cc1. The zero-order chi connectivity index (χ0) is 13.8. The van der Waals surface area contributed by atoms with E-state index in [9.17, 15) is 4.79 Å². The maximum absolute atomic E-state index is 11.7. The van der Waals surface area contributed by atoms with Crippen LogP contribution in [0.3, 0.4) is 0 Å². The van der Waals surface area contributed by atoms with Gasteiger partial charge in [0, 0.05) is 5.56 Å². The molecule has 0 unspecified atom stereocenters. The van der Waals surface area contributed by atoms with Crippen molar-refractivity contribution in [3.05, 3.63) is 35.4 Å². The summed E-state index contributed by atoms with van der Waals surface area (Å²) >= 11 is 0. The van der Waals surface area contributed by atoms with E-state index in [1.165, 1.54) is 7.11 Å². The highest BCUT2D eigenvalue weighted by molar-refractivity contribution is 6.43. The number of nitrogens with zero attached hydrogens (tertiary/aromatic N) is 1. The highest BCUT2D eigenvalue weighted by Gasteiger charge is 2.18. The van der Waals surface area contributed by atoms with Crippen LogP contribution in [0, 0.1) is 6.92 Å². The van der Waals surface area contributed by atoms with Crippen LogP contribution in [0.25, 0.3) is 0 Å². The number of hydrogen-bond acceptors (Lipinski definition) is 4. The molecule has 0 saturated heterocycles. The molecule has 0 radical (unpaired) electrons. The van der Waals surface area contributed by atoms with Crippen LogP contribution in [0.2, 0.25) is 0 Å². The Labute approximate surface area is 108 Å². The summed E-state index contributed by atoms with van der Waals surface area (Å²) in [5, 5.41) is 3.91. The molecule has 1 aromatic carbocycles. The Morgan fingerprint density at radius 2 is 1.72 bits per heavy atom. The molecule has 0 bridgehead atoms. The first-order valence-corrected chi connectivity index (χ1v) is 5.75. The van der Waals surface area contributed by atoms with E-state index in [2.05, 4.69) is 5.16 Å². The number of methoxy groups -OCH3 is 1. The summed E-state index contributed by atoms with van der Waals surface area (Å²) in [7, 11) is 1.32. The summed E-state index contributed by atoms with van der Waals surface area (Å²) in [4.78, 5) is 17.0. The summed E-state index contributed by atoms with van der Waals surface area (Å²) < 4.78 is 4.71. The van der Waals surface area contributed by atoms with E-state index in [1.807, 2.05) is 52.0 Å². The van der Waals surface area contributed by atoms with Crippen molar-refractivity contribution in [2.45, 2.75) is 33.3 Å². The third-order valence-corrected chi connectivity index (χ3v) is 2.11.